The molecular formula is C15H13BrF3N. The maximum absolute atomic E-state index is 13.9. The minimum absolute atomic E-state index is 0.00159. The zero-order valence-electron chi connectivity index (χ0n) is 10.8. The van der Waals surface area contributed by atoms with E-state index in [1.165, 1.54) is 24.3 Å². The molecule has 2 aromatic carbocycles. The van der Waals surface area contributed by atoms with Gasteiger partial charge in [-0.25, -0.2) is 13.2 Å². The van der Waals surface area contributed by atoms with Crippen LogP contribution < -0.4 is 0 Å². The Balaban J connectivity index is 2.12. The first-order valence-corrected chi connectivity index (χ1v) is 6.82. The van der Waals surface area contributed by atoms with Gasteiger partial charge in [0.1, 0.15) is 17.5 Å². The Labute approximate surface area is 124 Å². The van der Waals surface area contributed by atoms with Gasteiger partial charge in [0.2, 0.25) is 0 Å². The summed E-state index contributed by atoms with van der Waals surface area (Å²) in [6, 6.07) is 8.70. The van der Waals surface area contributed by atoms with E-state index in [1.807, 2.05) is 0 Å². The molecule has 0 aromatic heterocycles. The van der Waals surface area contributed by atoms with Gasteiger partial charge in [-0.3, -0.25) is 4.90 Å². The van der Waals surface area contributed by atoms with Crippen LogP contribution in [0.1, 0.15) is 11.1 Å². The van der Waals surface area contributed by atoms with Crippen molar-refractivity contribution in [1.29, 1.82) is 0 Å². The van der Waals surface area contributed by atoms with Gasteiger partial charge in [-0.05, 0) is 52.8 Å². The van der Waals surface area contributed by atoms with E-state index >= 15 is 0 Å². The van der Waals surface area contributed by atoms with Gasteiger partial charge in [-0.1, -0.05) is 12.1 Å². The van der Waals surface area contributed by atoms with Crippen LogP contribution in [-0.2, 0) is 13.1 Å². The lowest BCUT2D eigenvalue weighted by Crippen LogP contribution is -2.19. The third-order valence-corrected chi connectivity index (χ3v) is 3.52. The quantitative estimate of drug-likeness (QED) is 0.739. The first kappa shape index (κ1) is 15.1. The summed E-state index contributed by atoms with van der Waals surface area (Å²) in [6.45, 7) is 0.511. The molecule has 0 N–H and O–H groups in total. The van der Waals surface area contributed by atoms with Crippen molar-refractivity contribution in [3.05, 3.63) is 69.4 Å². The molecule has 0 heterocycles. The number of rotatable bonds is 4. The van der Waals surface area contributed by atoms with Gasteiger partial charge < -0.3 is 0 Å². The van der Waals surface area contributed by atoms with Gasteiger partial charge in [0, 0.05) is 18.7 Å². The molecule has 0 aliphatic rings. The van der Waals surface area contributed by atoms with Crippen molar-refractivity contribution in [1.82, 2.24) is 4.90 Å². The Morgan fingerprint density at radius 1 is 1.05 bits per heavy atom. The molecule has 0 amide bonds. The molecular weight excluding hydrogens is 331 g/mol. The molecule has 5 heteroatoms. The van der Waals surface area contributed by atoms with Crippen LogP contribution in [0.2, 0.25) is 0 Å². The normalized spacial score (nSPS) is 11.1. The Morgan fingerprint density at radius 2 is 1.80 bits per heavy atom. The van der Waals surface area contributed by atoms with Crippen LogP contribution in [-0.4, -0.2) is 11.9 Å². The summed E-state index contributed by atoms with van der Waals surface area (Å²) in [7, 11) is 1.73. The molecule has 0 bridgehead atoms. The summed E-state index contributed by atoms with van der Waals surface area (Å²) in [5, 5.41) is 0. The van der Waals surface area contributed by atoms with Crippen LogP contribution in [0.4, 0.5) is 13.2 Å². The van der Waals surface area contributed by atoms with Crippen LogP contribution in [0.25, 0.3) is 0 Å². The van der Waals surface area contributed by atoms with E-state index in [9.17, 15) is 13.2 Å². The van der Waals surface area contributed by atoms with Crippen molar-refractivity contribution >= 4 is 15.9 Å². The standard InChI is InChI=1S/C15H13BrF3N/c1-20(8-10-3-2-4-11(17)7-10)9-12-14(18)6-5-13(16)15(12)19/h2-7H,8-9H2,1H3. The van der Waals surface area contributed by atoms with E-state index in [4.69, 9.17) is 0 Å². The Bertz CT molecular complexity index is 616. The molecule has 0 radical (unpaired) electrons. The van der Waals surface area contributed by atoms with Gasteiger partial charge in [-0.2, -0.15) is 0 Å². The fraction of sp³-hybridized carbons (Fsp3) is 0.200. The fourth-order valence-electron chi connectivity index (χ4n) is 1.99. The van der Waals surface area contributed by atoms with E-state index in [-0.39, 0.29) is 22.4 Å². The second-order valence-electron chi connectivity index (χ2n) is 4.62. The fourth-order valence-corrected chi connectivity index (χ4v) is 2.36. The second-order valence-corrected chi connectivity index (χ2v) is 5.48. The summed E-state index contributed by atoms with van der Waals surface area (Å²) in [5.41, 5.74) is 0.751. The van der Waals surface area contributed by atoms with E-state index in [0.29, 0.717) is 6.54 Å². The highest BCUT2D eigenvalue weighted by Gasteiger charge is 2.14. The van der Waals surface area contributed by atoms with E-state index in [1.54, 1.807) is 24.1 Å². The van der Waals surface area contributed by atoms with Gasteiger partial charge in [0.25, 0.3) is 0 Å². The van der Waals surface area contributed by atoms with Crippen molar-refractivity contribution in [2.75, 3.05) is 7.05 Å². The molecule has 0 unspecified atom stereocenters. The van der Waals surface area contributed by atoms with E-state index in [2.05, 4.69) is 15.9 Å². The van der Waals surface area contributed by atoms with Crippen LogP contribution in [0.5, 0.6) is 0 Å². The van der Waals surface area contributed by atoms with Crippen molar-refractivity contribution in [2.24, 2.45) is 0 Å². The molecule has 0 spiro atoms. The average Bonchev–Trinajstić information content (AvgIpc) is 2.39. The molecule has 0 aliphatic heterocycles. The van der Waals surface area contributed by atoms with Gasteiger partial charge in [0.15, 0.2) is 0 Å². The third-order valence-electron chi connectivity index (χ3n) is 2.91. The summed E-state index contributed by atoms with van der Waals surface area (Å²) < 4.78 is 40.8. The first-order chi connectivity index (χ1) is 9.47. The second kappa shape index (κ2) is 6.41. The van der Waals surface area contributed by atoms with E-state index < -0.39 is 11.6 Å². The Kier molecular flexibility index (Phi) is 4.83. The van der Waals surface area contributed by atoms with Gasteiger partial charge in [0.05, 0.1) is 4.47 Å². The molecule has 0 atom stereocenters. The predicted octanol–water partition coefficient (Wildman–Crippen LogP) is 4.50. The third kappa shape index (κ3) is 3.61. The summed E-state index contributed by atoms with van der Waals surface area (Å²) in [5.74, 6) is -1.51. The lowest BCUT2D eigenvalue weighted by atomic mass is 10.1. The molecule has 20 heavy (non-hydrogen) atoms. The predicted molar refractivity (Wildman–Crippen MR) is 75.6 cm³/mol. The molecule has 0 fully saturated rings. The summed E-state index contributed by atoms with van der Waals surface area (Å²) in [6.07, 6.45) is 0. The molecule has 0 saturated heterocycles. The van der Waals surface area contributed by atoms with Crippen LogP contribution in [0.15, 0.2) is 40.9 Å². The van der Waals surface area contributed by atoms with Crippen LogP contribution in [0.3, 0.4) is 0 Å². The van der Waals surface area contributed by atoms with Gasteiger partial charge >= 0.3 is 0 Å². The van der Waals surface area contributed by atoms with Crippen molar-refractivity contribution < 1.29 is 13.2 Å². The van der Waals surface area contributed by atoms with Crippen LogP contribution in [0, 0.1) is 17.5 Å². The molecule has 106 valence electrons. The van der Waals surface area contributed by atoms with Crippen molar-refractivity contribution in [2.45, 2.75) is 13.1 Å². The zero-order chi connectivity index (χ0) is 14.7. The smallest absolute Gasteiger partial charge is 0.144 e. The van der Waals surface area contributed by atoms with E-state index in [0.717, 1.165) is 5.56 Å². The minimum atomic E-state index is -0.601. The lowest BCUT2D eigenvalue weighted by molar-refractivity contribution is 0.306. The zero-order valence-corrected chi connectivity index (χ0v) is 12.4. The number of hydrogen-bond donors (Lipinski definition) is 0. The van der Waals surface area contributed by atoms with Crippen molar-refractivity contribution in [3.8, 4) is 0 Å². The minimum Gasteiger partial charge on any atom is -0.298 e. The first-order valence-electron chi connectivity index (χ1n) is 6.02. The SMILES string of the molecule is CN(Cc1cccc(F)c1)Cc1c(F)ccc(Br)c1F. The monoisotopic (exact) mass is 343 g/mol. The summed E-state index contributed by atoms with van der Waals surface area (Å²) in [4.78, 5) is 1.72. The average molecular weight is 344 g/mol. The number of halogens is 4. The van der Waals surface area contributed by atoms with Crippen molar-refractivity contribution in [3.63, 3.8) is 0 Å². The maximum atomic E-state index is 13.9. The molecule has 0 aliphatic carbocycles. The number of nitrogens with zero attached hydrogens (tertiary/aromatic N) is 1. The maximum Gasteiger partial charge on any atom is 0.144 e. The largest absolute Gasteiger partial charge is 0.298 e. The lowest BCUT2D eigenvalue weighted by Gasteiger charge is -2.18. The topological polar surface area (TPSA) is 3.24 Å². The Morgan fingerprint density at radius 3 is 2.50 bits per heavy atom. The molecule has 2 aromatic rings. The molecule has 0 saturated carbocycles. The molecule has 1 nitrogen and oxygen atoms in total. The molecule has 2 rings (SSSR count). The highest BCUT2D eigenvalue weighted by Crippen LogP contribution is 2.23. The van der Waals surface area contributed by atoms with Gasteiger partial charge in [-0.15, -0.1) is 0 Å². The highest BCUT2D eigenvalue weighted by molar-refractivity contribution is 9.10. The Hall–Kier alpha value is -1.33. The summed E-state index contributed by atoms with van der Waals surface area (Å²) >= 11 is 3.04. The number of hydrogen-bond acceptors (Lipinski definition) is 1. The highest BCUT2D eigenvalue weighted by atomic mass is 79.9. The van der Waals surface area contributed by atoms with Crippen LogP contribution >= 0.6 is 15.9 Å². The number of benzene rings is 2.